The normalized spacial score (nSPS) is 11.3. The van der Waals surface area contributed by atoms with E-state index in [1.807, 2.05) is 18.7 Å². The summed E-state index contributed by atoms with van der Waals surface area (Å²) in [6.07, 6.45) is 9.25. The van der Waals surface area contributed by atoms with Crippen molar-refractivity contribution in [1.29, 1.82) is 0 Å². The maximum absolute atomic E-state index is 11.2. The molecule has 0 rings (SSSR count). The van der Waals surface area contributed by atoms with Gasteiger partial charge in [-0.05, 0) is 51.5 Å². The van der Waals surface area contributed by atoms with Crippen molar-refractivity contribution >= 4 is 23.7 Å². The lowest BCUT2D eigenvalue weighted by Gasteiger charge is -2.11. The first kappa shape index (κ1) is 22.1. The molecule has 0 atom stereocenters. The summed E-state index contributed by atoms with van der Waals surface area (Å²) in [6, 6.07) is 0. The van der Waals surface area contributed by atoms with E-state index >= 15 is 0 Å². The molecule has 0 saturated carbocycles. The highest BCUT2D eigenvalue weighted by molar-refractivity contribution is 7.98. The van der Waals surface area contributed by atoms with E-state index in [2.05, 4.69) is 28.8 Å². The number of unbranched alkanes of at least 4 members (excludes halogenated alkanes) is 4. The molecule has 0 radical (unpaired) electrons. The van der Waals surface area contributed by atoms with E-state index in [0.29, 0.717) is 13.0 Å². The van der Waals surface area contributed by atoms with Crippen molar-refractivity contribution in [3.63, 3.8) is 0 Å². The zero-order valence-electron chi connectivity index (χ0n) is 15.2. The van der Waals surface area contributed by atoms with E-state index in [4.69, 9.17) is 4.74 Å². The molecule has 0 spiro atoms. The van der Waals surface area contributed by atoms with Crippen LogP contribution in [0.25, 0.3) is 0 Å². The van der Waals surface area contributed by atoms with Crippen molar-refractivity contribution in [2.45, 2.75) is 58.8 Å². The number of esters is 1. The maximum Gasteiger partial charge on any atom is 0.305 e. The Morgan fingerprint density at radius 3 is 2.52 bits per heavy atom. The minimum atomic E-state index is -0.0781. The predicted octanol–water partition coefficient (Wildman–Crippen LogP) is 3.20. The lowest BCUT2D eigenvalue weighted by Crippen LogP contribution is -2.37. The fourth-order valence-corrected chi connectivity index (χ4v) is 2.57. The molecule has 0 aromatic heterocycles. The molecule has 2 N–H and O–H groups in total. The number of ether oxygens (including phenoxy) is 1. The fourth-order valence-electron chi connectivity index (χ4n) is 2.08. The first-order chi connectivity index (χ1) is 11.2. The van der Waals surface area contributed by atoms with Crippen LogP contribution < -0.4 is 10.6 Å². The Kier molecular flexibility index (Phi) is 16.8. The molecule has 0 fully saturated rings. The molecule has 23 heavy (non-hydrogen) atoms. The Morgan fingerprint density at radius 2 is 1.83 bits per heavy atom. The summed E-state index contributed by atoms with van der Waals surface area (Å²) in [7, 11) is 0. The van der Waals surface area contributed by atoms with Gasteiger partial charge >= 0.3 is 5.97 Å². The van der Waals surface area contributed by atoms with Gasteiger partial charge in [-0.2, -0.15) is 11.8 Å². The number of guanidine groups is 1. The minimum absolute atomic E-state index is 0.0781. The maximum atomic E-state index is 11.2. The quantitative estimate of drug-likeness (QED) is 0.219. The molecule has 0 unspecified atom stereocenters. The molecule has 0 aromatic carbocycles. The van der Waals surface area contributed by atoms with Gasteiger partial charge in [-0.3, -0.25) is 9.79 Å². The highest BCUT2D eigenvalue weighted by atomic mass is 32.2. The van der Waals surface area contributed by atoms with Gasteiger partial charge in [0.05, 0.1) is 6.61 Å². The highest BCUT2D eigenvalue weighted by Crippen LogP contribution is 2.04. The van der Waals surface area contributed by atoms with Gasteiger partial charge in [0.15, 0.2) is 5.96 Å². The standard InChI is InChI=1S/C17H35N3O2S/c1-4-18-17(20-14-10-11-15-23-3)19-13-9-7-6-8-12-16(21)22-5-2/h4-15H2,1-3H3,(H2,18,19,20). The molecule has 5 nitrogen and oxygen atoms in total. The number of aliphatic imine (C=N–C) groups is 1. The Bertz CT molecular complexity index is 312. The molecule has 0 saturated heterocycles. The summed E-state index contributed by atoms with van der Waals surface area (Å²) in [4.78, 5) is 15.8. The first-order valence-corrected chi connectivity index (χ1v) is 10.3. The van der Waals surface area contributed by atoms with Crippen molar-refractivity contribution in [3.05, 3.63) is 0 Å². The largest absolute Gasteiger partial charge is 0.466 e. The third-order valence-electron chi connectivity index (χ3n) is 3.28. The Morgan fingerprint density at radius 1 is 1.04 bits per heavy atom. The lowest BCUT2D eigenvalue weighted by molar-refractivity contribution is -0.143. The molecule has 136 valence electrons. The van der Waals surface area contributed by atoms with Crippen LogP contribution in [0.1, 0.15) is 58.8 Å². The van der Waals surface area contributed by atoms with Gasteiger partial charge in [0.2, 0.25) is 0 Å². The van der Waals surface area contributed by atoms with Gasteiger partial charge in [0.25, 0.3) is 0 Å². The van der Waals surface area contributed by atoms with E-state index in [1.165, 1.54) is 18.6 Å². The van der Waals surface area contributed by atoms with Gasteiger partial charge in [-0.25, -0.2) is 0 Å². The van der Waals surface area contributed by atoms with Gasteiger partial charge < -0.3 is 15.4 Å². The summed E-state index contributed by atoms with van der Waals surface area (Å²) in [5.41, 5.74) is 0. The third kappa shape index (κ3) is 15.8. The molecule has 6 heteroatoms. The van der Waals surface area contributed by atoms with E-state index in [1.54, 1.807) is 0 Å². The summed E-state index contributed by atoms with van der Waals surface area (Å²) < 4.78 is 4.91. The van der Waals surface area contributed by atoms with Crippen molar-refractivity contribution in [2.24, 2.45) is 4.99 Å². The molecule has 0 aromatic rings. The number of hydrogen-bond donors (Lipinski definition) is 2. The van der Waals surface area contributed by atoms with Gasteiger partial charge in [0.1, 0.15) is 0 Å². The number of rotatable bonds is 14. The number of nitrogens with zero attached hydrogens (tertiary/aromatic N) is 1. The first-order valence-electron chi connectivity index (χ1n) is 8.91. The number of thioether (sulfide) groups is 1. The monoisotopic (exact) mass is 345 g/mol. The number of nitrogens with one attached hydrogen (secondary N) is 2. The van der Waals surface area contributed by atoms with Crippen LogP contribution in [-0.4, -0.2) is 50.2 Å². The number of carbonyl (C=O) groups excluding carboxylic acids is 1. The van der Waals surface area contributed by atoms with Crippen LogP contribution in [0.2, 0.25) is 0 Å². The topological polar surface area (TPSA) is 62.7 Å². The average Bonchev–Trinajstić information content (AvgIpc) is 2.53. The lowest BCUT2D eigenvalue weighted by atomic mass is 10.1. The van der Waals surface area contributed by atoms with Crippen LogP contribution in [0.15, 0.2) is 4.99 Å². The Hall–Kier alpha value is -0.910. The second-order valence-corrected chi connectivity index (χ2v) is 6.34. The van der Waals surface area contributed by atoms with E-state index in [9.17, 15) is 4.79 Å². The van der Waals surface area contributed by atoms with Crippen LogP contribution in [0.5, 0.6) is 0 Å². The third-order valence-corrected chi connectivity index (χ3v) is 3.97. The van der Waals surface area contributed by atoms with Crippen LogP contribution >= 0.6 is 11.8 Å². The zero-order valence-corrected chi connectivity index (χ0v) is 16.0. The summed E-state index contributed by atoms with van der Waals surface area (Å²) in [5.74, 6) is 2.06. The average molecular weight is 346 g/mol. The van der Waals surface area contributed by atoms with Crippen molar-refractivity contribution in [2.75, 3.05) is 38.2 Å². The van der Waals surface area contributed by atoms with E-state index in [0.717, 1.165) is 51.3 Å². The zero-order chi connectivity index (χ0) is 17.2. The minimum Gasteiger partial charge on any atom is -0.466 e. The molecular weight excluding hydrogens is 310 g/mol. The van der Waals surface area contributed by atoms with Crippen LogP contribution in [0.3, 0.4) is 0 Å². The van der Waals surface area contributed by atoms with Crippen LogP contribution in [0, 0.1) is 0 Å². The van der Waals surface area contributed by atoms with Gasteiger partial charge in [-0.1, -0.05) is 12.8 Å². The fraction of sp³-hybridized carbons (Fsp3) is 0.882. The Labute approximate surface area is 146 Å². The van der Waals surface area contributed by atoms with Crippen molar-refractivity contribution in [1.82, 2.24) is 10.6 Å². The van der Waals surface area contributed by atoms with E-state index in [-0.39, 0.29) is 5.97 Å². The smallest absolute Gasteiger partial charge is 0.305 e. The summed E-state index contributed by atoms with van der Waals surface area (Å²) in [6.45, 7) is 7.10. The molecule has 0 aliphatic heterocycles. The van der Waals surface area contributed by atoms with Gasteiger partial charge in [-0.15, -0.1) is 0 Å². The van der Waals surface area contributed by atoms with E-state index < -0.39 is 0 Å². The highest BCUT2D eigenvalue weighted by Gasteiger charge is 2.00. The molecule has 0 amide bonds. The summed E-state index contributed by atoms with van der Waals surface area (Å²) >= 11 is 1.90. The molecule has 0 bridgehead atoms. The van der Waals surface area contributed by atoms with Crippen LogP contribution in [0.4, 0.5) is 0 Å². The predicted molar refractivity (Wildman–Crippen MR) is 101 cm³/mol. The number of carbonyl (C=O) groups is 1. The SMILES string of the molecule is CCNC(=NCCCCCCC(=O)OCC)NCCCCSC. The molecule has 0 aliphatic rings. The Balaban J connectivity index is 3.66. The molecular formula is C17H35N3O2S. The van der Waals surface area contributed by atoms with Crippen molar-refractivity contribution < 1.29 is 9.53 Å². The van der Waals surface area contributed by atoms with Crippen LogP contribution in [-0.2, 0) is 9.53 Å². The molecule has 0 aliphatic carbocycles. The number of hydrogen-bond acceptors (Lipinski definition) is 4. The summed E-state index contributed by atoms with van der Waals surface area (Å²) in [5, 5.41) is 6.66. The second kappa shape index (κ2) is 17.4. The van der Waals surface area contributed by atoms with Crippen molar-refractivity contribution in [3.8, 4) is 0 Å². The second-order valence-electron chi connectivity index (χ2n) is 5.36. The van der Waals surface area contributed by atoms with Gasteiger partial charge in [0, 0.05) is 26.1 Å². The molecule has 0 heterocycles.